The normalized spacial score (nSPS) is 12.3. The first-order chi connectivity index (χ1) is 8.11. The Balaban J connectivity index is 2.69. The number of nitrogens with two attached hydrogens (primary N) is 1. The molecule has 0 heterocycles. The topological polar surface area (TPSA) is 63.3 Å². The fourth-order valence-corrected chi connectivity index (χ4v) is 2.48. The minimum Gasteiger partial charge on any atom is -0.505 e. The summed E-state index contributed by atoms with van der Waals surface area (Å²) in [5, 5.41) is 9.93. The average molecular weight is 247 g/mol. The number of aromatic hydroxyl groups is 1. The monoisotopic (exact) mass is 247 g/mol. The van der Waals surface area contributed by atoms with Crippen LogP contribution in [0.2, 0.25) is 0 Å². The highest BCUT2D eigenvalue weighted by molar-refractivity contribution is 7.84. The van der Waals surface area contributed by atoms with Crippen LogP contribution in [0.1, 0.15) is 0 Å². The summed E-state index contributed by atoms with van der Waals surface area (Å²) in [7, 11) is -1.11. The molecule has 88 valence electrons. The minimum atomic E-state index is -1.11. The average Bonchev–Trinajstić information content (AvgIpc) is 2.33. The van der Waals surface area contributed by atoms with Crippen molar-refractivity contribution in [2.75, 3.05) is 12.0 Å². The van der Waals surface area contributed by atoms with E-state index in [4.69, 9.17) is 5.73 Å². The zero-order valence-electron chi connectivity index (χ0n) is 9.38. The predicted molar refractivity (Wildman–Crippen MR) is 70.3 cm³/mol. The number of rotatable bonds is 2. The maximum atomic E-state index is 11.6. The molecule has 3 nitrogen and oxygen atoms in total. The van der Waals surface area contributed by atoms with E-state index in [0.29, 0.717) is 16.1 Å². The highest BCUT2D eigenvalue weighted by Gasteiger charge is 2.12. The number of benzene rings is 2. The number of anilines is 1. The third kappa shape index (κ3) is 2.17. The molecule has 2 rings (SSSR count). The molecule has 0 spiro atoms. The van der Waals surface area contributed by atoms with Crippen molar-refractivity contribution in [3.63, 3.8) is 0 Å². The number of phenolic OH excluding ortho intramolecular Hbond substituents is 1. The smallest absolute Gasteiger partial charge is 0.146 e. The summed E-state index contributed by atoms with van der Waals surface area (Å²) in [6, 6.07) is 12.4. The third-order valence-corrected chi connectivity index (χ3v) is 3.53. The Hall–Kier alpha value is -1.81. The van der Waals surface area contributed by atoms with Crippen molar-refractivity contribution >= 4 is 16.5 Å². The molecule has 0 radical (unpaired) electrons. The third-order valence-electron chi connectivity index (χ3n) is 2.55. The van der Waals surface area contributed by atoms with Gasteiger partial charge in [0.25, 0.3) is 0 Å². The number of para-hydroxylation sites is 1. The second kappa shape index (κ2) is 4.59. The van der Waals surface area contributed by atoms with Crippen molar-refractivity contribution < 1.29 is 9.32 Å². The number of phenols is 1. The van der Waals surface area contributed by atoms with Crippen molar-refractivity contribution in [3.05, 3.63) is 42.5 Å². The number of nitrogen functional groups attached to an aromatic ring is 1. The van der Waals surface area contributed by atoms with Crippen molar-refractivity contribution in [2.45, 2.75) is 4.90 Å². The summed E-state index contributed by atoms with van der Waals surface area (Å²) in [4.78, 5) is 0.688. The van der Waals surface area contributed by atoms with Crippen LogP contribution in [0.5, 0.6) is 5.75 Å². The number of hydrogen-bond donors (Lipinski definition) is 2. The van der Waals surface area contributed by atoms with Crippen LogP contribution in [-0.4, -0.2) is 15.6 Å². The molecule has 0 saturated heterocycles. The zero-order chi connectivity index (χ0) is 12.4. The van der Waals surface area contributed by atoms with E-state index in [0.717, 1.165) is 5.56 Å². The zero-order valence-corrected chi connectivity index (χ0v) is 10.2. The highest BCUT2D eigenvalue weighted by Crippen LogP contribution is 2.36. The van der Waals surface area contributed by atoms with Crippen LogP contribution in [0.4, 0.5) is 5.69 Å². The molecule has 0 aliphatic rings. The van der Waals surface area contributed by atoms with E-state index < -0.39 is 10.8 Å². The lowest BCUT2D eigenvalue weighted by atomic mass is 10.0. The van der Waals surface area contributed by atoms with E-state index in [2.05, 4.69) is 0 Å². The summed E-state index contributed by atoms with van der Waals surface area (Å²) < 4.78 is 11.6. The van der Waals surface area contributed by atoms with Crippen LogP contribution in [0.15, 0.2) is 47.4 Å². The van der Waals surface area contributed by atoms with E-state index in [1.165, 1.54) is 0 Å². The quantitative estimate of drug-likeness (QED) is 0.632. The summed E-state index contributed by atoms with van der Waals surface area (Å²) in [5.74, 6) is 0.0328. The predicted octanol–water partition coefficient (Wildman–Crippen LogP) is 2.38. The Morgan fingerprint density at radius 1 is 1.06 bits per heavy atom. The first kappa shape index (κ1) is 11.7. The van der Waals surface area contributed by atoms with Gasteiger partial charge in [0.15, 0.2) is 0 Å². The van der Waals surface area contributed by atoms with Gasteiger partial charge in [-0.2, -0.15) is 0 Å². The van der Waals surface area contributed by atoms with E-state index in [9.17, 15) is 9.32 Å². The van der Waals surface area contributed by atoms with E-state index in [-0.39, 0.29) is 5.75 Å². The fourth-order valence-electron chi connectivity index (χ4n) is 1.72. The van der Waals surface area contributed by atoms with Gasteiger partial charge in [0.1, 0.15) is 5.75 Å². The molecule has 2 aromatic rings. The van der Waals surface area contributed by atoms with Gasteiger partial charge in [-0.1, -0.05) is 30.3 Å². The molecule has 0 aliphatic carbocycles. The van der Waals surface area contributed by atoms with Gasteiger partial charge in [0.2, 0.25) is 0 Å². The second-order valence-electron chi connectivity index (χ2n) is 3.69. The Kier molecular flexibility index (Phi) is 3.15. The fraction of sp³-hybridized carbons (Fsp3) is 0.0769. The lowest BCUT2D eigenvalue weighted by Crippen LogP contribution is -1.93. The Morgan fingerprint density at radius 3 is 2.41 bits per heavy atom. The SMILES string of the molecule is CS(=O)c1ccccc1-c1cccc(N)c1O. The highest BCUT2D eigenvalue weighted by atomic mass is 32.2. The molecule has 0 fully saturated rings. The molecule has 17 heavy (non-hydrogen) atoms. The van der Waals surface area contributed by atoms with Crippen LogP contribution in [-0.2, 0) is 10.8 Å². The standard InChI is InChI=1S/C13H13NO2S/c1-17(16)12-8-3-2-5-9(12)10-6-4-7-11(14)13(10)15/h2-8,15H,14H2,1H3. The molecule has 0 amide bonds. The Bertz CT molecular complexity index is 581. The molecule has 0 bridgehead atoms. The first-order valence-electron chi connectivity index (χ1n) is 5.11. The molecular weight excluding hydrogens is 234 g/mol. The van der Waals surface area contributed by atoms with Crippen LogP contribution < -0.4 is 5.73 Å². The molecule has 0 aromatic heterocycles. The van der Waals surface area contributed by atoms with Crippen molar-refractivity contribution in [3.8, 4) is 16.9 Å². The maximum Gasteiger partial charge on any atom is 0.146 e. The van der Waals surface area contributed by atoms with Gasteiger partial charge in [-0.15, -0.1) is 0 Å². The maximum absolute atomic E-state index is 11.6. The van der Waals surface area contributed by atoms with Crippen LogP contribution in [0, 0.1) is 0 Å². The van der Waals surface area contributed by atoms with Crippen molar-refractivity contribution in [2.24, 2.45) is 0 Å². The van der Waals surface area contributed by atoms with Crippen LogP contribution in [0.25, 0.3) is 11.1 Å². The van der Waals surface area contributed by atoms with Gasteiger partial charge in [0, 0.05) is 22.3 Å². The lowest BCUT2D eigenvalue weighted by Gasteiger charge is -2.10. The molecule has 3 N–H and O–H groups in total. The summed E-state index contributed by atoms with van der Waals surface area (Å²) >= 11 is 0. The van der Waals surface area contributed by atoms with Crippen molar-refractivity contribution in [1.82, 2.24) is 0 Å². The van der Waals surface area contributed by atoms with Crippen LogP contribution >= 0.6 is 0 Å². The first-order valence-corrected chi connectivity index (χ1v) is 6.67. The largest absolute Gasteiger partial charge is 0.505 e. The molecule has 0 aliphatic heterocycles. The second-order valence-corrected chi connectivity index (χ2v) is 5.04. The molecule has 0 saturated carbocycles. The summed E-state index contributed by atoms with van der Waals surface area (Å²) in [5.41, 5.74) is 7.33. The van der Waals surface area contributed by atoms with Crippen LogP contribution in [0.3, 0.4) is 0 Å². The lowest BCUT2D eigenvalue weighted by molar-refractivity contribution is 0.480. The van der Waals surface area contributed by atoms with E-state index in [1.54, 1.807) is 30.5 Å². The molecule has 1 atom stereocenters. The van der Waals surface area contributed by atoms with Crippen molar-refractivity contribution in [1.29, 1.82) is 0 Å². The van der Waals surface area contributed by atoms with E-state index in [1.807, 2.05) is 18.2 Å². The summed E-state index contributed by atoms with van der Waals surface area (Å²) in [6.07, 6.45) is 1.61. The molecule has 1 unspecified atom stereocenters. The molecule has 2 aromatic carbocycles. The summed E-state index contributed by atoms with van der Waals surface area (Å²) in [6.45, 7) is 0. The Morgan fingerprint density at radius 2 is 1.71 bits per heavy atom. The van der Waals surface area contributed by atoms with Gasteiger partial charge in [-0.25, -0.2) is 0 Å². The van der Waals surface area contributed by atoms with E-state index >= 15 is 0 Å². The minimum absolute atomic E-state index is 0.0328. The number of hydrogen-bond acceptors (Lipinski definition) is 3. The van der Waals surface area contributed by atoms with Gasteiger partial charge >= 0.3 is 0 Å². The van der Waals surface area contributed by atoms with Gasteiger partial charge < -0.3 is 10.8 Å². The molecular formula is C13H13NO2S. The van der Waals surface area contributed by atoms with Gasteiger partial charge in [0.05, 0.1) is 16.5 Å². The van der Waals surface area contributed by atoms with Gasteiger partial charge in [-0.05, 0) is 12.1 Å². The Labute approximate surface area is 102 Å². The van der Waals surface area contributed by atoms with Gasteiger partial charge in [-0.3, -0.25) is 4.21 Å². The molecule has 4 heteroatoms.